The Kier molecular flexibility index (Phi) is 5.49. The molecule has 0 fully saturated rings. The standard InChI is InChI=1S/C10H17NO5/c1-3-4-7(12)11-6-10(2,9(15)16)5-8(13)14/h3-6H2,1-2H3,(H,11,12)(H,13,14)(H,15,16). The first-order valence-electron chi connectivity index (χ1n) is 5.03. The van der Waals surface area contributed by atoms with Gasteiger partial charge < -0.3 is 15.5 Å². The van der Waals surface area contributed by atoms with Gasteiger partial charge in [-0.25, -0.2) is 0 Å². The Morgan fingerprint density at radius 1 is 1.25 bits per heavy atom. The Morgan fingerprint density at radius 2 is 1.81 bits per heavy atom. The Labute approximate surface area is 93.6 Å². The maximum Gasteiger partial charge on any atom is 0.311 e. The van der Waals surface area contributed by atoms with Gasteiger partial charge in [-0.15, -0.1) is 0 Å². The molecule has 0 radical (unpaired) electrons. The molecule has 3 N–H and O–H groups in total. The Morgan fingerprint density at radius 3 is 2.19 bits per heavy atom. The SMILES string of the molecule is CCCC(=O)NCC(C)(CC(=O)O)C(=O)O. The minimum Gasteiger partial charge on any atom is -0.481 e. The number of carboxylic acid groups (broad SMARTS) is 2. The number of hydrogen-bond donors (Lipinski definition) is 3. The van der Waals surface area contributed by atoms with Crippen molar-refractivity contribution in [3.05, 3.63) is 0 Å². The number of hydrogen-bond acceptors (Lipinski definition) is 3. The molecule has 1 unspecified atom stereocenters. The summed E-state index contributed by atoms with van der Waals surface area (Å²) < 4.78 is 0. The first-order valence-corrected chi connectivity index (χ1v) is 5.03. The number of rotatable bonds is 7. The average molecular weight is 231 g/mol. The van der Waals surface area contributed by atoms with Crippen molar-refractivity contribution in [2.24, 2.45) is 5.41 Å². The van der Waals surface area contributed by atoms with Crippen LogP contribution in [0.5, 0.6) is 0 Å². The van der Waals surface area contributed by atoms with E-state index in [-0.39, 0.29) is 12.5 Å². The highest BCUT2D eigenvalue weighted by Gasteiger charge is 2.36. The lowest BCUT2D eigenvalue weighted by Crippen LogP contribution is -2.42. The van der Waals surface area contributed by atoms with Crippen molar-refractivity contribution in [2.75, 3.05) is 6.54 Å². The second-order valence-electron chi connectivity index (χ2n) is 3.96. The number of carboxylic acids is 2. The molecule has 6 nitrogen and oxygen atoms in total. The zero-order valence-electron chi connectivity index (χ0n) is 9.45. The van der Waals surface area contributed by atoms with Gasteiger partial charge in [-0.05, 0) is 13.3 Å². The molecule has 6 heteroatoms. The van der Waals surface area contributed by atoms with Gasteiger partial charge in [0.05, 0.1) is 11.8 Å². The molecule has 16 heavy (non-hydrogen) atoms. The third kappa shape index (κ3) is 4.77. The van der Waals surface area contributed by atoms with Crippen LogP contribution >= 0.6 is 0 Å². The van der Waals surface area contributed by atoms with Crippen LogP contribution < -0.4 is 5.32 Å². The highest BCUT2D eigenvalue weighted by atomic mass is 16.4. The number of aliphatic carboxylic acids is 2. The molecule has 0 spiro atoms. The van der Waals surface area contributed by atoms with E-state index in [1.54, 1.807) is 0 Å². The molecule has 0 aromatic rings. The largest absolute Gasteiger partial charge is 0.481 e. The molecule has 92 valence electrons. The molecule has 0 saturated heterocycles. The Hall–Kier alpha value is -1.59. The summed E-state index contributed by atoms with van der Waals surface area (Å²) in [5.41, 5.74) is -1.46. The van der Waals surface area contributed by atoms with Crippen LogP contribution in [0.2, 0.25) is 0 Å². The lowest BCUT2D eigenvalue weighted by Gasteiger charge is -2.22. The fraction of sp³-hybridized carbons (Fsp3) is 0.700. The Bertz CT molecular complexity index is 289. The van der Waals surface area contributed by atoms with Crippen LogP contribution in [0.3, 0.4) is 0 Å². The summed E-state index contributed by atoms with van der Waals surface area (Å²) in [6.45, 7) is 2.95. The highest BCUT2D eigenvalue weighted by Crippen LogP contribution is 2.20. The molecule has 1 atom stereocenters. The first kappa shape index (κ1) is 14.4. The van der Waals surface area contributed by atoms with Gasteiger partial charge in [0.15, 0.2) is 0 Å². The van der Waals surface area contributed by atoms with Crippen LogP contribution in [-0.4, -0.2) is 34.6 Å². The van der Waals surface area contributed by atoms with Gasteiger partial charge in [-0.3, -0.25) is 14.4 Å². The van der Waals surface area contributed by atoms with Crippen LogP contribution in [0.15, 0.2) is 0 Å². The lowest BCUT2D eigenvalue weighted by atomic mass is 9.87. The van der Waals surface area contributed by atoms with E-state index < -0.39 is 23.8 Å². The summed E-state index contributed by atoms with van der Waals surface area (Å²) in [6, 6.07) is 0. The van der Waals surface area contributed by atoms with Gasteiger partial charge in [0, 0.05) is 13.0 Å². The zero-order chi connectivity index (χ0) is 12.8. The van der Waals surface area contributed by atoms with Crippen LogP contribution in [0.25, 0.3) is 0 Å². The van der Waals surface area contributed by atoms with E-state index in [9.17, 15) is 14.4 Å². The van der Waals surface area contributed by atoms with Crippen molar-refractivity contribution in [2.45, 2.75) is 33.1 Å². The summed E-state index contributed by atoms with van der Waals surface area (Å²) in [4.78, 5) is 32.6. The van der Waals surface area contributed by atoms with E-state index in [1.807, 2.05) is 6.92 Å². The van der Waals surface area contributed by atoms with E-state index in [1.165, 1.54) is 6.92 Å². The zero-order valence-corrected chi connectivity index (χ0v) is 9.45. The molecule has 0 aromatic heterocycles. The van der Waals surface area contributed by atoms with Crippen molar-refractivity contribution < 1.29 is 24.6 Å². The molecule has 0 aliphatic carbocycles. The van der Waals surface area contributed by atoms with Gasteiger partial charge in [0.25, 0.3) is 0 Å². The van der Waals surface area contributed by atoms with Gasteiger partial charge in [-0.2, -0.15) is 0 Å². The summed E-state index contributed by atoms with van der Waals surface area (Å²) >= 11 is 0. The molecule has 0 heterocycles. The van der Waals surface area contributed by atoms with Crippen LogP contribution in [-0.2, 0) is 14.4 Å². The third-order valence-electron chi connectivity index (χ3n) is 2.21. The van der Waals surface area contributed by atoms with Crippen molar-refractivity contribution in [3.8, 4) is 0 Å². The second kappa shape index (κ2) is 6.09. The van der Waals surface area contributed by atoms with Crippen molar-refractivity contribution in [1.29, 1.82) is 0 Å². The smallest absolute Gasteiger partial charge is 0.311 e. The molecular weight excluding hydrogens is 214 g/mol. The quantitative estimate of drug-likeness (QED) is 0.590. The number of amides is 1. The summed E-state index contributed by atoms with van der Waals surface area (Å²) in [6.07, 6.45) is 0.450. The van der Waals surface area contributed by atoms with E-state index in [0.29, 0.717) is 12.8 Å². The maximum absolute atomic E-state index is 11.1. The predicted molar refractivity (Wildman–Crippen MR) is 55.9 cm³/mol. The fourth-order valence-electron chi connectivity index (χ4n) is 1.16. The topological polar surface area (TPSA) is 104 Å². The number of carbonyl (C=O) groups is 3. The third-order valence-corrected chi connectivity index (χ3v) is 2.21. The monoisotopic (exact) mass is 231 g/mol. The van der Waals surface area contributed by atoms with Crippen molar-refractivity contribution in [1.82, 2.24) is 5.32 Å². The van der Waals surface area contributed by atoms with Crippen molar-refractivity contribution >= 4 is 17.8 Å². The van der Waals surface area contributed by atoms with Gasteiger partial charge in [-0.1, -0.05) is 6.92 Å². The maximum atomic E-state index is 11.1. The lowest BCUT2D eigenvalue weighted by molar-refractivity contribution is -0.154. The normalized spacial score (nSPS) is 13.9. The molecule has 0 aliphatic rings. The van der Waals surface area contributed by atoms with Crippen molar-refractivity contribution in [3.63, 3.8) is 0 Å². The minimum atomic E-state index is -1.46. The molecule has 0 aliphatic heterocycles. The van der Waals surface area contributed by atoms with E-state index in [0.717, 1.165) is 0 Å². The number of carbonyl (C=O) groups excluding carboxylic acids is 1. The summed E-state index contributed by atoms with van der Waals surface area (Å²) in [7, 11) is 0. The molecule has 1 amide bonds. The number of nitrogens with one attached hydrogen (secondary N) is 1. The highest BCUT2D eigenvalue weighted by molar-refractivity contribution is 5.82. The fourth-order valence-corrected chi connectivity index (χ4v) is 1.16. The van der Waals surface area contributed by atoms with Crippen LogP contribution in [0, 0.1) is 5.41 Å². The first-order chi connectivity index (χ1) is 7.31. The molecule has 0 aromatic carbocycles. The predicted octanol–water partition coefficient (Wildman–Crippen LogP) is 0.468. The minimum absolute atomic E-state index is 0.173. The van der Waals surface area contributed by atoms with E-state index >= 15 is 0 Å². The molecule has 0 rings (SSSR count). The van der Waals surface area contributed by atoms with Gasteiger partial charge >= 0.3 is 11.9 Å². The summed E-state index contributed by atoms with van der Waals surface area (Å²) in [5, 5.41) is 19.9. The van der Waals surface area contributed by atoms with E-state index in [4.69, 9.17) is 10.2 Å². The molecular formula is C10H17NO5. The van der Waals surface area contributed by atoms with E-state index in [2.05, 4.69) is 5.32 Å². The van der Waals surface area contributed by atoms with Crippen LogP contribution in [0.4, 0.5) is 0 Å². The molecule has 0 saturated carbocycles. The van der Waals surface area contributed by atoms with Gasteiger partial charge in [0.1, 0.15) is 0 Å². The Balaban J connectivity index is 4.39. The molecule has 0 bridgehead atoms. The van der Waals surface area contributed by atoms with Gasteiger partial charge in [0.2, 0.25) is 5.91 Å². The average Bonchev–Trinajstić information content (AvgIpc) is 2.14. The van der Waals surface area contributed by atoms with Crippen LogP contribution in [0.1, 0.15) is 33.1 Å². The second-order valence-corrected chi connectivity index (χ2v) is 3.96. The summed E-state index contributed by atoms with van der Waals surface area (Å²) in [5.74, 6) is -2.69.